The molecule has 1 aromatic rings. The molecule has 2 rings (SSSR count). The second-order valence-electron chi connectivity index (χ2n) is 5.26. The van der Waals surface area contributed by atoms with Crippen molar-refractivity contribution < 1.29 is 0 Å². The van der Waals surface area contributed by atoms with Crippen LogP contribution < -0.4 is 5.73 Å². The molecule has 1 nitrogen and oxygen atoms in total. The highest BCUT2D eigenvalue weighted by atomic mass is 35.5. The molecule has 0 heterocycles. The third-order valence-electron chi connectivity index (χ3n) is 3.53. The summed E-state index contributed by atoms with van der Waals surface area (Å²) in [5.74, 6) is 0. The fourth-order valence-electron chi connectivity index (χ4n) is 2.30. The molecule has 1 aromatic carbocycles. The lowest BCUT2D eigenvalue weighted by molar-refractivity contribution is 0.556. The summed E-state index contributed by atoms with van der Waals surface area (Å²) in [6.45, 7) is 6.45. The van der Waals surface area contributed by atoms with Gasteiger partial charge in [-0.25, -0.2) is 0 Å². The number of nitrogens with two attached hydrogens (primary N) is 1. The number of thioether (sulfide) groups is 1. The van der Waals surface area contributed by atoms with Crippen LogP contribution in [-0.2, 0) is 5.41 Å². The monoisotopic (exact) mass is 269 g/mol. The van der Waals surface area contributed by atoms with E-state index >= 15 is 0 Å². The summed E-state index contributed by atoms with van der Waals surface area (Å²) < 4.78 is 0. The molecule has 0 saturated heterocycles. The number of benzene rings is 1. The van der Waals surface area contributed by atoms with E-state index < -0.39 is 0 Å². The molecule has 1 aliphatic carbocycles. The van der Waals surface area contributed by atoms with Crippen molar-refractivity contribution in [2.75, 3.05) is 0 Å². The molecule has 0 radical (unpaired) electrons. The van der Waals surface area contributed by atoms with Crippen LogP contribution in [0.5, 0.6) is 0 Å². The normalized spacial score (nSPS) is 19.4. The first kappa shape index (κ1) is 13.3. The Labute approximate surface area is 113 Å². The SMILES string of the molecule is CC(C)Sc1ccc(C2(C(C)N)CC2)cc1Cl. The van der Waals surface area contributed by atoms with E-state index in [1.807, 2.05) is 11.8 Å². The largest absolute Gasteiger partial charge is 0.327 e. The van der Waals surface area contributed by atoms with Crippen LogP contribution in [0.2, 0.25) is 5.02 Å². The zero-order valence-corrected chi connectivity index (χ0v) is 12.2. The molecule has 2 N–H and O–H groups in total. The van der Waals surface area contributed by atoms with Crippen LogP contribution in [0.25, 0.3) is 0 Å². The van der Waals surface area contributed by atoms with Crippen molar-refractivity contribution in [3.8, 4) is 0 Å². The Balaban J connectivity index is 2.25. The molecule has 0 aliphatic heterocycles. The highest BCUT2D eigenvalue weighted by Crippen LogP contribution is 2.51. The zero-order valence-electron chi connectivity index (χ0n) is 10.7. The van der Waals surface area contributed by atoms with E-state index in [4.69, 9.17) is 17.3 Å². The van der Waals surface area contributed by atoms with E-state index in [9.17, 15) is 0 Å². The number of halogens is 1. The molecular formula is C14H20ClNS. The third-order valence-corrected chi connectivity index (χ3v) is 5.04. The topological polar surface area (TPSA) is 26.0 Å². The van der Waals surface area contributed by atoms with Gasteiger partial charge in [0.1, 0.15) is 0 Å². The maximum atomic E-state index is 6.35. The predicted octanol–water partition coefficient (Wildman–Crippen LogP) is 4.22. The van der Waals surface area contributed by atoms with Crippen LogP contribution >= 0.6 is 23.4 Å². The number of hydrogen-bond acceptors (Lipinski definition) is 2. The summed E-state index contributed by atoms with van der Waals surface area (Å²) in [6.07, 6.45) is 2.38. The van der Waals surface area contributed by atoms with Crippen molar-refractivity contribution in [1.82, 2.24) is 0 Å². The molecule has 1 unspecified atom stereocenters. The first-order valence-electron chi connectivity index (χ1n) is 6.18. The lowest BCUT2D eigenvalue weighted by Gasteiger charge is -2.21. The van der Waals surface area contributed by atoms with Crippen molar-refractivity contribution >= 4 is 23.4 Å². The zero-order chi connectivity index (χ0) is 12.6. The minimum Gasteiger partial charge on any atom is -0.327 e. The lowest BCUT2D eigenvalue weighted by Crippen LogP contribution is -2.31. The molecule has 1 atom stereocenters. The standard InChI is InChI=1S/C14H20ClNS/c1-9(2)17-13-5-4-11(8-12(13)15)14(6-7-14)10(3)16/h4-5,8-10H,6-7,16H2,1-3H3. The molecule has 94 valence electrons. The summed E-state index contributed by atoms with van der Waals surface area (Å²) >= 11 is 8.16. The van der Waals surface area contributed by atoms with Crippen LogP contribution in [0.3, 0.4) is 0 Å². The fourth-order valence-corrected chi connectivity index (χ4v) is 3.44. The maximum Gasteiger partial charge on any atom is 0.0544 e. The van der Waals surface area contributed by atoms with E-state index in [1.54, 1.807) is 0 Å². The molecule has 1 saturated carbocycles. The molecule has 1 fully saturated rings. The van der Waals surface area contributed by atoms with Gasteiger partial charge in [-0.1, -0.05) is 31.5 Å². The summed E-state index contributed by atoms with van der Waals surface area (Å²) in [6, 6.07) is 6.67. The predicted molar refractivity (Wildman–Crippen MR) is 77.0 cm³/mol. The second-order valence-corrected chi connectivity index (χ2v) is 7.28. The van der Waals surface area contributed by atoms with Crippen LogP contribution in [0.15, 0.2) is 23.1 Å². The average molecular weight is 270 g/mol. The molecule has 1 aliphatic rings. The minimum absolute atomic E-state index is 0.199. The van der Waals surface area contributed by atoms with Gasteiger partial charge in [0, 0.05) is 21.6 Å². The first-order chi connectivity index (χ1) is 7.95. The van der Waals surface area contributed by atoms with Gasteiger partial charge in [0.2, 0.25) is 0 Å². The van der Waals surface area contributed by atoms with Gasteiger partial charge in [0.05, 0.1) is 5.02 Å². The van der Waals surface area contributed by atoms with Crippen molar-refractivity contribution in [2.24, 2.45) is 5.73 Å². The quantitative estimate of drug-likeness (QED) is 0.829. The Morgan fingerprint density at radius 1 is 1.29 bits per heavy atom. The molecule has 17 heavy (non-hydrogen) atoms. The van der Waals surface area contributed by atoms with Crippen LogP contribution in [-0.4, -0.2) is 11.3 Å². The van der Waals surface area contributed by atoms with Gasteiger partial charge in [-0.05, 0) is 37.5 Å². The highest BCUT2D eigenvalue weighted by Gasteiger charge is 2.47. The second kappa shape index (κ2) is 4.83. The van der Waals surface area contributed by atoms with E-state index in [-0.39, 0.29) is 11.5 Å². The van der Waals surface area contributed by atoms with Crippen molar-refractivity contribution in [3.63, 3.8) is 0 Å². The number of hydrogen-bond donors (Lipinski definition) is 1. The molecule has 0 bridgehead atoms. The van der Waals surface area contributed by atoms with Crippen molar-refractivity contribution in [1.29, 1.82) is 0 Å². The van der Waals surface area contributed by atoms with Gasteiger partial charge in [-0.2, -0.15) is 0 Å². The smallest absolute Gasteiger partial charge is 0.0544 e. The lowest BCUT2D eigenvalue weighted by atomic mass is 9.90. The highest BCUT2D eigenvalue weighted by molar-refractivity contribution is 8.00. The fraction of sp³-hybridized carbons (Fsp3) is 0.571. The van der Waals surface area contributed by atoms with Crippen molar-refractivity contribution in [2.45, 2.75) is 55.2 Å². The molecule has 0 amide bonds. The Morgan fingerprint density at radius 3 is 2.35 bits per heavy atom. The third kappa shape index (κ3) is 2.64. The molecular weight excluding hydrogens is 250 g/mol. The van der Waals surface area contributed by atoms with Crippen LogP contribution in [0.4, 0.5) is 0 Å². The van der Waals surface area contributed by atoms with Gasteiger partial charge in [-0.15, -0.1) is 11.8 Å². The maximum absolute atomic E-state index is 6.35. The molecule has 0 spiro atoms. The summed E-state index contributed by atoms with van der Waals surface area (Å²) in [7, 11) is 0. The Hall–Kier alpha value is -0.180. The minimum atomic E-state index is 0.199. The molecule has 0 aromatic heterocycles. The van der Waals surface area contributed by atoms with Gasteiger partial charge in [0.15, 0.2) is 0 Å². The number of rotatable bonds is 4. The Kier molecular flexibility index (Phi) is 3.77. The van der Waals surface area contributed by atoms with Crippen LogP contribution in [0.1, 0.15) is 39.2 Å². The molecule has 3 heteroatoms. The summed E-state index contributed by atoms with van der Waals surface area (Å²) in [5.41, 5.74) is 7.60. The van der Waals surface area contributed by atoms with Crippen LogP contribution in [0, 0.1) is 0 Å². The Morgan fingerprint density at radius 2 is 1.94 bits per heavy atom. The van der Waals surface area contributed by atoms with Gasteiger partial charge in [-0.3, -0.25) is 0 Å². The van der Waals surface area contributed by atoms with E-state index in [2.05, 4.69) is 39.0 Å². The van der Waals surface area contributed by atoms with Gasteiger partial charge < -0.3 is 5.73 Å². The van der Waals surface area contributed by atoms with Crippen molar-refractivity contribution in [3.05, 3.63) is 28.8 Å². The Bertz CT molecular complexity index is 411. The first-order valence-corrected chi connectivity index (χ1v) is 7.44. The van der Waals surface area contributed by atoms with Gasteiger partial charge >= 0.3 is 0 Å². The summed E-state index contributed by atoms with van der Waals surface area (Å²) in [5, 5.41) is 1.43. The summed E-state index contributed by atoms with van der Waals surface area (Å²) in [4.78, 5) is 1.17. The van der Waals surface area contributed by atoms with E-state index in [0.717, 1.165) is 5.02 Å². The van der Waals surface area contributed by atoms with Gasteiger partial charge in [0.25, 0.3) is 0 Å². The van der Waals surface area contributed by atoms with E-state index in [1.165, 1.54) is 23.3 Å². The average Bonchev–Trinajstić information content (AvgIpc) is 3.01. The van der Waals surface area contributed by atoms with E-state index in [0.29, 0.717) is 5.25 Å².